The molecule has 65 heavy (non-hydrogen) atoms. The van der Waals surface area contributed by atoms with Crippen LogP contribution in [0.4, 0.5) is 4.79 Å². The average Bonchev–Trinajstić information content (AvgIpc) is 4.10. The maximum Gasteiger partial charge on any atom is 0.409 e. The third-order valence-corrected chi connectivity index (χ3v) is 14.6. The van der Waals surface area contributed by atoms with Crippen molar-refractivity contribution < 1.29 is 38.2 Å². The molecule has 4 aliphatic heterocycles. The van der Waals surface area contributed by atoms with Crippen molar-refractivity contribution in [1.29, 1.82) is 0 Å². The minimum absolute atomic E-state index is 0.0822. The predicted molar refractivity (Wildman–Crippen MR) is 245 cm³/mol. The van der Waals surface area contributed by atoms with E-state index in [0.717, 1.165) is 44.7 Å². The van der Waals surface area contributed by atoms with Gasteiger partial charge in [0, 0.05) is 85.3 Å². The number of carbonyl (C=O) groups excluding carboxylic acids is 5. The van der Waals surface area contributed by atoms with Gasteiger partial charge in [-0.2, -0.15) is 0 Å². The lowest BCUT2D eigenvalue weighted by atomic mass is 9.84. The molecule has 3 fully saturated rings. The number of pyridine rings is 1. The Morgan fingerprint density at radius 3 is 2.60 bits per heavy atom. The summed E-state index contributed by atoms with van der Waals surface area (Å²) in [5.41, 5.74) is 8.49. The van der Waals surface area contributed by atoms with E-state index in [0.29, 0.717) is 63.3 Å². The molecular weight excluding hydrogens is 849 g/mol. The minimum Gasteiger partial charge on any atom is -0.464 e. The highest BCUT2D eigenvalue weighted by Crippen LogP contribution is 2.44. The summed E-state index contributed by atoms with van der Waals surface area (Å²) in [5, 5.41) is 8.16. The van der Waals surface area contributed by atoms with Crippen LogP contribution in [0.1, 0.15) is 89.6 Å². The summed E-state index contributed by atoms with van der Waals surface area (Å²) in [6.45, 7) is 14.2. The number of thiazole rings is 1. The van der Waals surface area contributed by atoms with E-state index >= 15 is 0 Å². The number of aromatic nitrogens is 3. The number of benzene rings is 1. The molecule has 0 radical (unpaired) electrons. The van der Waals surface area contributed by atoms with Gasteiger partial charge in [0.05, 0.1) is 47.3 Å². The number of ether oxygens (including phenoxy) is 3. The number of hydrogen-bond donors (Lipinski definition) is 2. The zero-order valence-electron chi connectivity index (χ0n) is 38.8. The second-order valence-electron chi connectivity index (χ2n) is 19.1. The largest absolute Gasteiger partial charge is 0.464 e. The third-order valence-electron chi connectivity index (χ3n) is 13.7. The number of hydrogen-bond acceptors (Lipinski definition) is 12. The van der Waals surface area contributed by atoms with E-state index < -0.39 is 52.8 Å². The molecule has 3 saturated heterocycles. The van der Waals surface area contributed by atoms with Gasteiger partial charge in [0.15, 0.2) is 0 Å². The SMILES string of the molecule is CCn1c(-c2cccnc2[C@H](C)OC)c2c3cc(ccc31)-c1csc(n1)C[C@H](NC(=O)[C@H](C(C)C)N1CCC3(CCN(C(=O)OC)C3)C1=O)C(=O)N1CCC[C@H](N1)C(=O)OCC(C)(C)C2. The number of nitrogens with one attached hydrogen (secondary N) is 2. The van der Waals surface area contributed by atoms with E-state index in [1.807, 2.05) is 32.2 Å². The molecule has 7 heterocycles. The number of likely N-dealkylation sites (tertiary alicyclic amines) is 2. The highest BCUT2D eigenvalue weighted by Gasteiger charge is 2.54. The molecule has 3 aromatic heterocycles. The Balaban J connectivity index is 1.16. The van der Waals surface area contributed by atoms with Crippen molar-refractivity contribution in [1.82, 2.24) is 40.1 Å². The summed E-state index contributed by atoms with van der Waals surface area (Å²) in [7, 11) is 3.01. The molecule has 17 heteroatoms. The van der Waals surface area contributed by atoms with E-state index in [9.17, 15) is 24.0 Å². The van der Waals surface area contributed by atoms with E-state index in [1.54, 1.807) is 23.1 Å². The molecule has 1 aromatic carbocycles. The smallest absolute Gasteiger partial charge is 0.409 e. The second kappa shape index (κ2) is 18.5. The average molecular weight is 911 g/mol. The van der Waals surface area contributed by atoms with Crippen molar-refractivity contribution >= 4 is 52.0 Å². The van der Waals surface area contributed by atoms with Gasteiger partial charge in [-0.15, -0.1) is 11.3 Å². The summed E-state index contributed by atoms with van der Waals surface area (Å²) in [6.07, 6.45) is 3.71. The first-order valence-corrected chi connectivity index (χ1v) is 23.7. The number of amides is 4. The molecule has 4 aliphatic rings. The van der Waals surface area contributed by atoms with Crippen LogP contribution >= 0.6 is 11.3 Å². The molecule has 1 unspecified atom stereocenters. The quantitative estimate of drug-likeness (QED) is 0.201. The Kier molecular flexibility index (Phi) is 13.1. The molecule has 348 valence electrons. The molecule has 4 amide bonds. The number of fused-ring (bicyclic) bond motifs is 6. The lowest BCUT2D eigenvalue weighted by molar-refractivity contribution is -0.155. The van der Waals surface area contributed by atoms with E-state index in [-0.39, 0.29) is 37.5 Å². The normalized spacial score (nSPS) is 23.5. The van der Waals surface area contributed by atoms with Crippen molar-refractivity contribution in [3.8, 4) is 22.5 Å². The molecule has 1 spiro atoms. The molecule has 0 saturated carbocycles. The van der Waals surface area contributed by atoms with Gasteiger partial charge in [-0.3, -0.25) is 29.2 Å². The van der Waals surface area contributed by atoms with Gasteiger partial charge in [0.25, 0.3) is 5.91 Å². The Morgan fingerprint density at radius 1 is 1.08 bits per heavy atom. The summed E-state index contributed by atoms with van der Waals surface area (Å²) < 4.78 is 19.2. The summed E-state index contributed by atoms with van der Waals surface area (Å²) in [5.74, 6) is -1.79. The van der Waals surface area contributed by atoms with Crippen LogP contribution in [0.5, 0.6) is 0 Å². The number of esters is 1. The van der Waals surface area contributed by atoms with Crippen LogP contribution in [-0.2, 0) is 52.8 Å². The Bertz CT molecular complexity index is 2480. The third kappa shape index (κ3) is 8.86. The van der Waals surface area contributed by atoms with Crippen molar-refractivity contribution in [3.63, 3.8) is 0 Å². The molecule has 16 nitrogen and oxygen atoms in total. The number of cyclic esters (lactones) is 1. The Morgan fingerprint density at radius 2 is 1.86 bits per heavy atom. The van der Waals surface area contributed by atoms with Gasteiger partial charge in [-0.25, -0.2) is 15.2 Å². The standard InChI is InChI=1S/C48H62N8O8S/c1-9-54-37-15-14-30-22-32(37)33(41(54)31-12-10-18-49-39(31)29(4)62-7)24-47(5,6)27-64-44(59)34-13-11-19-56(52-34)43(58)35(23-38-50-36(30)25-65-38)51-42(57)40(28(2)3)55-21-17-48(45(55)60)16-20-53(26-48)46(61)63-8/h10,12,14-15,18,22,25,28-29,34-35,40,52H,9,11,13,16-17,19-21,23-24,26-27H2,1-8H3,(H,51,57)/t29-,34-,35-,40-,48?/m0/s1. The first-order chi connectivity index (χ1) is 31.1. The summed E-state index contributed by atoms with van der Waals surface area (Å²) >= 11 is 1.41. The van der Waals surface area contributed by atoms with Crippen molar-refractivity contribution in [2.24, 2.45) is 16.7 Å². The number of nitrogens with zero attached hydrogens (tertiary/aromatic N) is 6. The lowest BCUT2D eigenvalue weighted by Gasteiger charge is -2.36. The number of aryl methyl sites for hydroxylation is 1. The van der Waals surface area contributed by atoms with Crippen LogP contribution in [-0.4, -0.2) is 124 Å². The van der Waals surface area contributed by atoms with Crippen LogP contribution in [0.2, 0.25) is 0 Å². The number of hydrazine groups is 1. The first-order valence-electron chi connectivity index (χ1n) is 22.8. The number of carbonyl (C=O) groups is 5. The van der Waals surface area contributed by atoms with E-state index in [2.05, 4.69) is 60.3 Å². The highest BCUT2D eigenvalue weighted by atomic mass is 32.1. The van der Waals surface area contributed by atoms with E-state index in [4.69, 9.17) is 24.2 Å². The maximum atomic E-state index is 14.7. The van der Waals surface area contributed by atoms with Crippen LogP contribution in [0, 0.1) is 16.7 Å². The highest BCUT2D eigenvalue weighted by molar-refractivity contribution is 7.10. The Labute approximate surface area is 384 Å². The first kappa shape index (κ1) is 46.2. The summed E-state index contributed by atoms with van der Waals surface area (Å²) in [6, 6.07) is 7.68. The van der Waals surface area contributed by atoms with Gasteiger partial charge in [0.1, 0.15) is 18.1 Å². The second-order valence-corrected chi connectivity index (χ2v) is 20.1. The fourth-order valence-electron chi connectivity index (χ4n) is 10.3. The molecule has 8 rings (SSSR count). The zero-order chi connectivity index (χ0) is 46.4. The van der Waals surface area contributed by atoms with Crippen molar-refractivity contribution in [2.75, 3.05) is 47.0 Å². The fourth-order valence-corrected chi connectivity index (χ4v) is 11.1. The minimum atomic E-state index is -1.07. The molecule has 6 bridgehead atoms. The molecule has 2 N–H and O–H groups in total. The van der Waals surface area contributed by atoms with E-state index in [1.165, 1.54) is 23.5 Å². The van der Waals surface area contributed by atoms with Gasteiger partial charge in [-0.1, -0.05) is 33.8 Å². The van der Waals surface area contributed by atoms with Crippen LogP contribution in [0.3, 0.4) is 0 Å². The molecular formula is C48H62N8O8S. The molecule has 5 atom stereocenters. The van der Waals surface area contributed by atoms with Crippen molar-refractivity contribution in [3.05, 3.63) is 58.2 Å². The molecule has 4 aromatic rings. The summed E-state index contributed by atoms with van der Waals surface area (Å²) in [4.78, 5) is 82.8. The van der Waals surface area contributed by atoms with Crippen molar-refractivity contribution in [2.45, 2.75) is 111 Å². The predicted octanol–water partition coefficient (Wildman–Crippen LogP) is 5.92. The lowest BCUT2D eigenvalue weighted by Crippen LogP contribution is -2.62. The topological polar surface area (TPSA) is 178 Å². The maximum absolute atomic E-state index is 14.7. The van der Waals surface area contributed by atoms with Crippen LogP contribution in [0.15, 0.2) is 41.9 Å². The number of rotatable bonds is 8. The molecule has 0 aliphatic carbocycles. The van der Waals surface area contributed by atoms with Gasteiger partial charge < -0.3 is 33.9 Å². The Hall–Kier alpha value is -5.39. The monoisotopic (exact) mass is 910 g/mol. The van der Waals surface area contributed by atoms with Gasteiger partial charge in [0.2, 0.25) is 11.8 Å². The fraction of sp³-hybridized carbons (Fsp3) is 0.562. The van der Waals surface area contributed by atoms with Gasteiger partial charge >= 0.3 is 12.1 Å². The number of methoxy groups -OCH3 is 2. The zero-order valence-corrected chi connectivity index (χ0v) is 39.6. The van der Waals surface area contributed by atoms with Gasteiger partial charge in [-0.05, 0) is 81.7 Å². The van der Waals surface area contributed by atoms with Crippen LogP contribution < -0.4 is 10.7 Å². The van der Waals surface area contributed by atoms with Crippen LogP contribution in [0.25, 0.3) is 33.4 Å².